The molecule has 0 bridgehead atoms. The Balaban J connectivity index is 0.000000438. The molecular weight excluding hydrogens is 385 g/mol. The molecule has 3 rings (SSSR count). The zero-order chi connectivity index (χ0) is 21.3. The van der Waals surface area contributed by atoms with Crippen molar-refractivity contribution in [3.63, 3.8) is 0 Å². The third kappa shape index (κ3) is 5.74. The summed E-state index contributed by atoms with van der Waals surface area (Å²) < 4.78 is 0. The first kappa shape index (κ1) is 22.3. The summed E-state index contributed by atoms with van der Waals surface area (Å²) >= 11 is 0. The maximum Gasteiger partial charge on any atom is 0.414 e. The van der Waals surface area contributed by atoms with Gasteiger partial charge in [-0.25, -0.2) is 9.59 Å². The van der Waals surface area contributed by atoms with Crippen LogP contribution in [0.2, 0.25) is 0 Å². The summed E-state index contributed by atoms with van der Waals surface area (Å²) in [5, 5.41) is 19.1. The lowest BCUT2D eigenvalue weighted by Crippen LogP contribution is -2.37. The van der Waals surface area contributed by atoms with Gasteiger partial charge in [-0.05, 0) is 50.5 Å². The van der Waals surface area contributed by atoms with E-state index >= 15 is 0 Å². The molecule has 150 valence electrons. The van der Waals surface area contributed by atoms with Crippen molar-refractivity contribution in [3.8, 4) is 0 Å². The number of nitrogens with zero attached hydrogens (tertiary/aromatic N) is 1. The van der Waals surface area contributed by atoms with Gasteiger partial charge < -0.3 is 10.2 Å². The molecule has 0 saturated heterocycles. The second-order valence-corrected chi connectivity index (χ2v) is 10.1. The van der Waals surface area contributed by atoms with E-state index in [-0.39, 0.29) is 0 Å². The molecule has 0 aliphatic rings. The third-order valence-corrected chi connectivity index (χ3v) is 8.80. The zero-order valence-electron chi connectivity index (χ0n) is 16.5. The Morgan fingerprint density at radius 3 is 1.14 bits per heavy atom. The normalized spacial score (nSPS) is 10.7. The molecule has 0 unspecified atom stereocenters. The fourth-order valence-corrected chi connectivity index (χ4v) is 7.44. The minimum atomic E-state index is -1.82. The molecule has 0 fully saturated rings. The lowest BCUT2D eigenvalue weighted by Gasteiger charge is -2.29. The van der Waals surface area contributed by atoms with Gasteiger partial charge in [-0.15, -0.1) is 0 Å². The quantitative estimate of drug-likeness (QED) is 0.500. The van der Waals surface area contributed by atoms with Crippen LogP contribution in [-0.4, -0.2) is 47.4 Å². The van der Waals surface area contributed by atoms with Crippen molar-refractivity contribution in [1.82, 2.24) is 4.90 Å². The summed E-state index contributed by atoms with van der Waals surface area (Å²) in [6, 6.07) is 33.0. The first-order chi connectivity index (χ1) is 13.9. The predicted octanol–water partition coefficient (Wildman–Crippen LogP) is 2.66. The standard InChI is InChI=1S/C21H23NP.C2H2O4/c1-22(2)18-23(19-12-6-3-7-13-19,20-14-8-4-9-15-20)21-16-10-5-11-17-21;3-1(4)2(5)6/h3-17H,18H2,1-2H3;(H,3,4)(H,5,6)/q+1;. The van der Waals surface area contributed by atoms with Crippen LogP contribution in [-0.2, 0) is 9.59 Å². The van der Waals surface area contributed by atoms with E-state index in [0.29, 0.717) is 0 Å². The van der Waals surface area contributed by atoms with Crippen molar-refractivity contribution in [2.45, 2.75) is 0 Å². The summed E-state index contributed by atoms with van der Waals surface area (Å²) in [4.78, 5) is 20.5. The molecule has 29 heavy (non-hydrogen) atoms. The van der Waals surface area contributed by atoms with Crippen molar-refractivity contribution in [2.24, 2.45) is 0 Å². The van der Waals surface area contributed by atoms with Gasteiger partial charge in [0, 0.05) is 0 Å². The fourth-order valence-electron chi connectivity index (χ4n) is 3.16. The third-order valence-electron chi connectivity index (χ3n) is 4.27. The molecule has 0 aromatic heterocycles. The van der Waals surface area contributed by atoms with Crippen molar-refractivity contribution >= 4 is 35.1 Å². The lowest BCUT2D eigenvalue weighted by atomic mass is 10.4. The monoisotopic (exact) mass is 410 g/mol. The molecule has 3 aromatic carbocycles. The van der Waals surface area contributed by atoms with Crippen LogP contribution < -0.4 is 15.9 Å². The minimum Gasteiger partial charge on any atom is -0.473 e. The minimum absolute atomic E-state index is 1.03. The van der Waals surface area contributed by atoms with Crippen LogP contribution in [0.15, 0.2) is 91.0 Å². The molecule has 0 amide bonds. The van der Waals surface area contributed by atoms with Gasteiger partial charge in [0.2, 0.25) is 0 Å². The average molecular weight is 410 g/mol. The Labute approximate surface area is 171 Å². The van der Waals surface area contributed by atoms with Crippen LogP contribution in [0.5, 0.6) is 0 Å². The van der Waals surface area contributed by atoms with Crippen molar-refractivity contribution < 1.29 is 19.8 Å². The second-order valence-electron chi connectivity index (χ2n) is 6.65. The number of carboxylic acid groups (broad SMARTS) is 2. The molecule has 0 saturated carbocycles. The topological polar surface area (TPSA) is 77.8 Å². The molecule has 2 N–H and O–H groups in total. The Kier molecular flexibility index (Phi) is 8.08. The Morgan fingerprint density at radius 2 is 0.931 bits per heavy atom. The smallest absolute Gasteiger partial charge is 0.414 e. The first-order valence-electron chi connectivity index (χ1n) is 9.04. The zero-order valence-corrected chi connectivity index (χ0v) is 17.4. The highest BCUT2D eigenvalue weighted by Gasteiger charge is 2.45. The largest absolute Gasteiger partial charge is 0.473 e. The van der Waals surface area contributed by atoms with E-state index in [1.807, 2.05) is 0 Å². The second kappa shape index (κ2) is 10.5. The number of rotatable bonds is 5. The van der Waals surface area contributed by atoms with Gasteiger partial charge in [0.25, 0.3) is 0 Å². The molecule has 0 atom stereocenters. The average Bonchev–Trinajstić information content (AvgIpc) is 2.74. The summed E-state index contributed by atoms with van der Waals surface area (Å²) in [5.41, 5.74) is 0. The SMILES string of the molecule is CN(C)C[P+](c1ccccc1)(c1ccccc1)c1ccccc1.O=C(O)C(=O)O. The first-order valence-corrected chi connectivity index (χ1v) is 11.0. The Hall–Kier alpha value is -3.01. The number of benzene rings is 3. The van der Waals surface area contributed by atoms with Crippen LogP contribution in [0.1, 0.15) is 0 Å². The van der Waals surface area contributed by atoms with Crippen LogP contribution >= 0.6 is 7.26 Å². The summed E-state index contributed by atoms with van der Waals surface area (Å²) in [6.45, 7) is 0. The highest BCUT2D eigenvalue weighted by atomic mass is 31.2. The van der Waals surface area contributed by atoms with E-state index in [2.05, 4.69) is 110 Å². The van der Waals surface area contributed by atoms with E-state index in [1.54, 1.807) is 0 Å². The van der Waals surface area contributed by atoms with Crippen LogP contribution in [0.3, 0.4) is 0 Å². The number of hydrogen-bond acceptors (Lipinski definition) is 3. The van der Waals surface area contributed by atoms with Crippen molar-refractivity contribution in [2.75, 3.05) is 20.4 Å². The molecule has 3 aromatic rings. The molecule has 0 radical (unpaired) electrons. The van der Waals surface area contributed by atoms with E-state index in [4.69, 9.17) is 19.8 Å². The maximum atomic E-state index is 9.10. The van der Waals surface area contributed by atoms with E-state index in [0.717, 1.165) is 6.29 Å². The van der Waals surface area contributed by atoms with Gasteiger partial charge in [-0.1, -0.05) is 54.6 Å². The van der Waals surface area contributed by atoms with Crippen LogP contribution in [0, 0.1) is 0 Å². The van der Waals surface area contributed by atoms with E-state index in [1.165, 1.54) is 15.9 Å². The van der Waals surface area contributed by atoms with E-state index in [9.17, 15) is 0 Å². The fraction of sp³-hybridized carbons (Fsp3) is 0.130. The van der Waals surface area contributed by atoms with E-state index < -0.39 is 19.2 Å². The number of hydrogen-bond donors (Lipinski definition) is 2. The number of aliphatic carboxylic acids is 2. The highest BCUT2D eigenvalue weighted by Crippen LogP contribution is 2.55. The molecule has 0 heterocycles. The Morgan fingerprint density at radius 1 is 0.655 bits per heavy atom. The molecule has 5 nitrogen and oxygen atoms in total. The van der Waals surface area contributed by atoms with Gasteiger partial charge in [-0.2, -0.15) is 0 Å². The van der Waals surface area contributed by atoms with Crippen LogP contribution in [0.4, 0.5) is 0 Å². The molecular formula is C23H25NO4P+. The maximum absolute atomic E-state index is 9.10. The van der Waals surface area contributed by atoms with Gasteiger partial charge in [0.15, 0.2) is 0 Å². The van der Waals surface area contributed by atoms with Gasteiger partial charge in [-0.3, -0.25) is 4.90 Å². The molecule has 6 heteroatoms. The van der Waals surface area contributed by atoms with Crippen molar-refractivity contribution in [1.29, 1.82) is 0 Å². The van der Waals surface area contributed by atoms with Gasteiger partial charge >= 0.3 is 11.9 Å². The molecule has 0 spiro atoms. The molecule has 0 aliphatic carbocycles. The Bertz CT molecular complexity index is 807. The predicted molar refractivity (Wildman–Crippen MR) is 119 cm³/mol. The van der Waals surface area contributed by atoms with Crippen molar-refractivity contribution in [3.05, 3.63) is 91.0 Å². The molecule has 0 aliphatic heterocycles. The van der Waals surface area contributed by atoms with Gasteiger partial charge in [0.1, 0.15) is 29.5 Å². The summed E-state index contributed by atoms with van der Waals surface area (Å²) in [7, 11) is 2.66. The summed E-state index contributed by atoms with van der Waals surface area (Å²) in [5.74, 6) is -3.65. The number of carbonyl (C=O) groups is 2. The summed E-state index contributed by atoms with van der Waals surface area (Å²) in [6.07, 6.45) is 1.03. The highest BCUT2D eigenvalue weighted by molar-refractivity contribution is 7.95. The number of carboxylic acids is 2. The van der Waals surface area contributed by atoms with Crippen LogP contribution in [0.25, 0.3) is 0 Å². The van der Waals surface area contributed by atoms with Gasteiger partial charge in [0.05, 0.1) is 0 Å². The lowest BCUT2D eigenvalue weighted by molar-refractivity contribution is -0.159.